The monoisotopic (exact) mass is 315 g/mol. The quantitative estimate of drug-likeness (QED) is 0.899. The number of carbonyl (C=O) groups excluding carboxylic acids is 1. The van der Waals surface area contributed by atoms with Crippen molar-refractivity contribution >= 4 is 17.4 Å². The molecular weight excluding hydrogens is 294 g/mol. The van der Waals surface area contributed by atoms with Crippen molar-refractivity contribution in [2.75, 3.05) is 0 Å². The van der Waals surface area contributed by atoms with Gasteiger partial charge in [-0.1, -0.05) is 30.3 Å². The van der Waals surface area contributed by atoms with Crippen LogP contribution in [0.2, 0.25) is 0 Å². The zero-order valence-corrected chi connectivity index (χ0v) is 13.7. The average molecular weight is 315 g/mol. The normalized spacial score (nSPS) is 17.4. The molecule has 2 amide bonds. The van der Waals surface area contributed by atoms with Crippen molar-refractivity contribution in [2.24, 2.45) is 0 Å². The third kappa shape index (κ3) is 2.99. The first-order chi connectivity index (χ1) is 10.6. The van der Waals surface area contributed by atoms with E-state index < -0.39 is 0 Å². The van der Waals surface area contributed by atoms with Crippen molar-refractivity contribution in [1.82, 2.24) is 15.6 Å². The van der Waals surface area contributed by atoms with Crippen molar-refractivity contribution in [3.63, 3.8) is 0 Å². The van der Waals surface area contributed by atoms with Gasteiger partial charge in [0.25, 0.3) is 0 Å². The minimum atomic E-state index is -0.205. The summed E-state index contributed by atoms with van der Waals surface area (Å²) < 4.78 is 0. The number of rotatable bonds is 4. The Labute approximate surface area is 135 Å². The standard InChI is InChI=1S/C17H21N3OS/c1-12(15-11-22-13(2)19-15)18-16(21)20-17(9-6-10-17)14-7-4-3-5-8-14/h3-5,7-8,11-12H,6,9-10H2,1-2H3,(H2,18,20,21)/t12-/m0/s1. The summed E-state index contributed by atoms with van der Waals surface area (Å²) in [6, 6.07) is 10.0. The van der Waals surface area contributed by atoms with Crippen molar-refractivity contribution in [1.29, 1.82) is 0 Å². The molecule has 0 spiro atoms. The molecule has 0 bridgehead atoms. The second-order valence-corrected chi connectivity index (χ2v) is 6.98. The van der Waals surface area contributed by atoms with Gasteiger partial charge in [-0.25, -0.2) is 9.78 Å². The summed E-state index contributed by atoms with van der Waals surface area (Å²) in [5, 5.41) is 9.19. The van der Waals surface area contributed by atoms with Crippen LogP contribution in [0.15, 0.2) is 35.7 Å². The lowest BCUT2D eigenvalue weighted by Gasteiger charge is -2.43. The molecule has 0 aliphatic heterocycles. The van der Waals surface area contributed by atoms with Crippen molar-refractivity contribution < 1.29 is 4.79 Å². The third-order valence-corrected chi connectivity index (χ3v) is 5.11. The van der Waals surface area contributed by atoms with E-state index in [4.69, 9.17) is 0 Å². The summed E-state index contributed by atoms with van der Waals surface area (Å²) in [7, 11) is 0. The Morgan fingerprint density at radius 3 is 2.59 bits per heavy atom. The molecule has 2 N–H and O–H groups in total. The number of benzene rings is 1. The first kappa shape index (κ1) is 15.0. The van der Waals surface area contributed by atoms with Crippen LogP contribution in [0.4, 0.5) is 4.79 Å². The number of nitrogens with zero attached hydrogens (tertiary/aromatic N) is 1. The first-order valence-corrected chi connectivity index (χ1v) is 8.53. The number of aryl methyl sites for hydroxylation is 1. The average Bonchev–Trinajstić information content (AvgIpc) is 2.90. The van der Waals surface area contributed by atoms with Crippen LogP contribution in [-0.2, 0) is 5.54 Å². The second kappa shape index (κ2) is 6.08. The van der Waals surface area contributed by atoms with E-state index in [0.29, 0.717) is 0 Å². The van der Waals surface area contributed by atoms with Gasteiger partial charge in [0.2, 0.25) is 0 Å². The minimum Gasteiger partial charge on any atom is -0.330 e. The Morgan fingerprint density at radius 1 is 1.32 bits per heavy atom. The summed E-state index contributed by atoms with van der Waals surface area (Å²) in [6.07, 6.45) is 3.14. The van der Waals surface area contributed by atoms with Crippen LogP contribution in [0.5, 0.6) is 0 Å². The van der Waals surface area contributed by atoms with Crippen molar-refractivity contribution in [3.05, 3.63) is 52.0 Å². The Hall–Kier alpha value is -1.88. The Balaban J connectivity index is 1.66. The highest BCUT2D eigenvalue weighted by Gasteiger charge is 2.40. The molecule has 1 fully saturated rings. The van der Waals surface area contributed by atoms with Crippen LogP contribution in [0.3, 0.4) is 0 Å². The Kier molecular flexibility index (Phi) is 4.16. The number of urea groups is 1. The Bertz CT molecular complexity index is 649. The summed E-state index contributed by atoms with van der Waals surface area (Å²) in [5.41, 5.74) is 1.90. The molecule has 116 valence electrons. The molecule has 1 aliphatic rings. The van der Waals surface area contributed by atoms with Gasteiger partial charge < -0.3 is 10.6 Å². The number of thiazole rings is 1. The van der Waals surface area contributed by atoms with Gasteiger partial charge in [-0.3, -0.25) is 0 Å². The van der Waals surface area contributed by atoms with Crippen LogP contribution in [0.1, 0.15) is 48.5 Å². The van der Waals surface area contributed by atoms with Crippen LogP contribution in [-0.4, -0.2) is 11.0 Å². The molecular formula is C17H21N3OS. The van der Waals surface area contributed by atoms with E-state index in [0.717, 1.165) is 30.0 Å². The number of carbonyl (C=O) groups is 1. The van der Waals surface area contributed by atoms with Gasteiger partial charge in [0.1, 0.15) is 0 Å². The first-order valence-electron chi connectivity index (χ1n) is 7.65. The highest BCUT2D eigenvalue weighted by molar-refractivity contribution is 7.09. The molecule has 0 radical (unpaired) electrons. The molecule has 22 heavy (non-hydrogen) atoms. The number of hydrogen-bond acceptors (Lipinski definition) is 3. The van der Waals surface area contributed by atoms with Gasteiger partial charge in [0.05, 0.1) is 22.3 Å². The van der Waals surface area contributed by atoms with Gasteiger partial charge in [0.15, 0.2) is 0 Å². The van der Waals surface area contributed by atoms with E-state index in [1.54, 1.807) is 11.3 Å². The van der Waals surface area contributed by atoms with Gasteiger partial charge in [-0.15, -0.1) is 11.3 Å². The van der Waals surface area contributed by atoms with E-state index in [1.807, 2.05) is 37.4 Å². The predicted octanol–water partition coefficient (Wildman–Crippen LogP) is 3.89. The largest absolute Gasteiger partial charge is 0.330 e. The maximum atomic E-state index is 12.4. The zero-order chi connectivity index (χ0) is 15.6. The molecule has 1 aromatic heterocycles. The zero-order valence-electron chi connectivity index (χ0n) is 12.9. The lowest BCUT2D eigenvalue weighted by atomic mass is 9.72. The molecule has 1 heterocycles. The predicted molar refractivity (Wildman–Crippen MR) is 88.9 cm³/mol. The minimum absolute atomic E-state index is 0.0853. The van der Waals surface area contributed by atoms with E-state index in [9.17, 15) is 4.79 Å². The van der Waals surface area contributed by atoms with Gasteiger partial charge in [-0.05, 0) is 38.7 Å². The lowest BCUT2D eigenvalue weighted by molar-refractivity contribution is 0.175. The smallest absolute Gasteiger partial charge is 0.316 e. The van der Waals surface area contributed by atoms with E-state index in [2.05, 4.69) is 27.8 Å². The number of nitrogens with one attached hydrogen (secondary N) is 2. The SMILES string of the molecule is Cc1nc([C@H](C)NC(=O)NC2(c3ccccc3)CCC2)cs1. The van der Waals surface area contributed by atoms with Gasteiger partial charge in [-0.2, -0.15) is 0 Å². The Morgan fingerprint density at radius 2 is 2.05 bits per heavy atom. The van der Waals surface area contributed by atoms with Crippen molar-refractivity contribution in [2.45, 2.75) is 44.7 Å². The number of aromatic nitrogens is 1. The summed E-state index contributed by atoms with van der Waals surface area (Å²) in [6.45, 7) is 3.93. The number of hydrogen-bond donors (Lipinski definition) is 2. The van der Waals surface area contributed by atoms with E-state index in [1.165, 1.54) is 5.56 Å². The second-order valence-electron chi connectivity index (χ2n) is 5.91. The fourth-order valence-corrected chi connectivity index (χ4v) is 3.58. The fourth-order valence-electron chi connectivity index (χ4n) is 2.88. The molecule has 1 aromatic carbocycles. The van der Waals surface area contributed by atoms with E-state index >= 15 is 0 Å². The molecule has 1 saturated carbocycles. The van der Waals surface area contributed by atoms with Crippen LogP contribution >= 0.6 is 11.3 Å². The van der Waals surface area contributed by atoms with Crippen LogP contribution in [0, 0.1) is 6.92 Å². The topological polar surface area (TPSA) is 54.0 Å². The third-order valence-electron chi connectivity index (χ3n) is 4.31. The van der Waals surface area contributed by atoms with E-state index in [-0.39, 0.29) is 17.6 Å². The molecule has 0 unspecified atom stereocenters. The van der Waals surface area contributed by atoms with Crippen molar-refractivity contribution in [3.8, 4) is 0 Å². The number of amides is 2. The lowest BCUT2D eigenvalue weighted by Crippen LogP contribution is -2.54. The molecule has 3 rings (SSSR count). The molecule has 0 saturated heterocycles. The maximum absolute atomic E-state index is 12.4. The maximum Gasteiger partial charge on any atom is 0.316 e. The molecule has 4 nitrogen and oxygen atoms in total. The van der Waals surface area contributed by atoms with Gasteiger partial charge >= 0.3 is 6.03 Å². The highest BCUT2D eigenvalue weighted by atomic mass is 32.1. The fraction of sp³-hybridized carbons (Fsp3) is 0.412. The molecule has 2 aromatic rings. The van der Waals surface area contributed by atoms with Crippen LogP contribution < -0.4 is 10.6 Å². The summed E-state index contributed by atoms with van der Waals surface area (Å²) in [5.74, 6) is 0. The summed E-state index contributed by atoms with van der Waals surface area (Å²) in [4.78, 5) is 16.8. The summed E-state index contributed by atoms with van der Waals surface area (Å²) >= 11 is 1.60. The highest BCUT2D eigenvalue weighted by Crippen LogP contribution is 2.41. The van der Waals surface area contributed by atoms with Gasteiger partial charge in [0, 0.05) is 5.38 Å². The molecule has 5 heteroatoms. The van der Waals surface area contributed by atoms with Crippen LogP contribution in [0.25, 0.3) is 0 Å². The molecule has 1 atom stereocenters. The molecule has 1 aliphatic carbocycles.